The van der Waals surface area contributed by atoms with Crippen LogP contribution in [0.1, 0.15) is 5.56 Å². The van der Waals surface area contributed by atoms with Gasteiger partial charge in [-0.2, -0.15) is 5.10 Å². The minimum absolute atomic E-state index is 0.216. The summed E-state index contributed by atoms with van der Waals surface area (Å²) in [5.74, 6) is 0.620. The van der Waals surface area contributed by atoms with Gasteiger partial charge in [-0.25, -0.2) is 9.67 Å². The Balaban J connectivity index is 1.27. The summed E-state index contributed by atoms with van der Waals surface area (Å²) in [6.45, 7) is 1.28. The fourth-order valence-corrected chi connectivity index (χ4v) is 3.74. The van der Waals surface area contributed by atoms with Crippen LogP contribution in [0.3, 0.4) is 0 Å². The highest BCUT2D eigenvalue weighted by Gasteiger charge is 2.44. The maximum absolute atomic E-state index is 6.44. The van der Waals surface area contributed by atoms with Crippen LogP contribution >= 0.6 is 0 Å². The van der Waals surface area contributed by atoms with Crippen LogP contribution < -0.4 is 9.47 Å². The Kier molecular flexibility index (Phi) is 5.62. The van der Waals surface area contributed by atoms with Gasteiger partial charge in [-0.1, -0.05) is 0 Å². The lowest BCUT2D eigenvalue weighted by Crippen LogP contribution is -2.34. The van der Waals surface area contributed by atoms with E-state index in [0.717, 1.165) is 22.7 Å². The number of aromatic nitrogens is 4. The van der Waals surface area contributed by atoms with Gasteiger partial charge in [0.1, 0.15) is 24.2 Å². The molecule has 0 N–H and O–H groups in total. The SMILES string of the molecule is COc1ccc(C2(Cn3ccnc3)OCC(COc3ccc(-n4cccn4)cc3)O2)cc1. The van der Waals surface area contributed by atoms with Crippen molar-refractivity contribution in [3.05, 3.63) is 91.3 Å². The highest BCUT2D eigenvalue weighted by Crippen LogP contribution is 2.37. The largest absolute Gasteiger partial charge is 0.497 e. The van der Waals surface area contributed by atoms with Crippen LogP contribution in [0.2, 0.25) is 0 Å². The molecule has 4 aromatic rings. The Bertz CT molecular complexity index is 1110. The van der Waals surface area contributed by atoms with Gasteiger partial charge in [-0.15, -0.1) is 0 Å². The summed E-state index contributed by atoms with van der Waals surface area (Å²) in [5, 5.41) is 4.24. The molecule has 2 aromatic heterocycles. The zero-order valence-corrected chi connectivity index (χ0v) is 17.7. The van der Waals surface area contributed by atoms with E-state index in [4.69, 9.17) is 18.9 Å². The molecule has 2 aromatic carbocycles. The zero-order chi connectivity index (χ0) is 21.8. The second-order valence-corrected chi connectivity index (χ2v) is 7.52. The standard InChI is InChI=1S/C24H24N4O4/c1-29-21-7-3-19(4-8-21)24(17-27-14-12-25-18-27)31-16-23(32-24)15-30-22-9-5-20(6-10-22)28-13-2-11-26-28/h2-14,18,23H,15-17H2,1H3. The first-order valence-corrected chi connectivity index (χ1v) is 10.4. The third-order valence-corrected chi connectivity index (χ3v) is 5.38. The third-order valence-electron chi connectivity index (χ3n) is 5.38. The molecule has 0 spiro atoms. The second-order valence-electron chi connectivity index (χ2n) is 7.52. The molecule has 5 rings (SSSR count). The van der Waals surface area contributed by atoms with E-state index in [-0.39, 0.29) is 6.10 Å². The highest BCUT2D eigenvalue weighted by molar-refractivity contribution is 5.36. The molecule has 0 amide bonds. The molecule has 0 bridgehead atoms. The minimum atomic E-state index is -0.926. The van der Waals surface area contributed by atoms with Gasteiger partial charge >= 0.3 is 0 Å². The fraction of sp³-hybridized carbons (Fsp3) is 0.250. The van der Waals surface area contributed by atoms with E-state index >= 15 is 0 Å². The van der Waals surface area contributed by atoms with Crippen LogP contribution in [0.4, 0.5) is 0 Å². The number of rotatable bonds is 8. The molecule has 3 heterocycles. The molecule has 0 radical (unpaired) electrons. The molecule has 164 valence electrons. The first kappa shape index (κ1) is 20.3. The molecule has 1 aliphatic rings. The van der Waals surface area contributed by atoms with Crippen LogP contribution in [-0.2, 0) is 21.8 Å². The van der Waals surface area contributed by atoms with Gasteiger partial charge in [-0.3, -0.25) is 0 Å². The Labute approximate surface area is 185 Å². The minimum Gasteiger partial charge on any atom is -0.497 e. The normalized spacial score (nSPS) is 20.3. The number of imidazole rings is 1. The summed E-state index contributed by atoms with van der Waals surface area (Å²) in [6, 6.07) is 17.4. The summed E-state index contributed by atoms with van der Waals surface area (Å²) in [5.41, 5.74) is 1.89. The van der Waals surface area contributed by atoms with Crippen molar-refractivity contribution in [2.75, 3.05) is 20.3 Å². The van der Waals surface area contributed by atoms with Gasteiger partial charge < -0.3 is 23.5 Å². The van der Waals surface area contributed by atoms with E-state index in [1.165, 1.54) is 0 Å². The Morgan fingerprint density at radius 3 is 2.53 bits per heavy atom. The summed E-state index contributed by atoms with van der Waals surface area (Å²) < 4.78 is 27.7. The predicted molar refractivity (Wildman–Crippen MR) is 117 cm³/mol. The van der Waals surface area contributed by atoms with E-state index in [1.807, 2.05) is 71.6 Å². The maximum atomic E-state index is 6.44. The Morgan fingerprint density at radius 1 is 1.03 bits per heavy atom. The van der Waals surface area contributed by atoms with Crippen LogP contribution in [-0.4, -0.2) is 45.8 Å². The van der Waals surface area contributed by atoms with Crippen molar-refractivity contribution in [1.82, 2.24) is 19.3 Å². The van der Waals surface area contributed by atoms with Gasteiger partial charge in [-0.05, 0) is 54.6 Å². The lowest BCUT2D eigenvalue weighted by atomic mass is 10.1. The van der Waals surface area contributed by atoms with E-state index in [1.54, 1.807) is 30.5 Å². The van der Waals surface area contributed by atoms with E-state index < -0.39 is 5.79 Å². The lowest BCUT2D eigenvalue weighted by molar-refractivity contribution is -0.189. The van der Waals surface area contributed by atoms with Crippen molar-refractivity contribution in [1.29, 1.82) is 0 Å². The number of benzene rings is 2. The molecular formula is C24H24N4O4. The van der Waals surface area contributed by atoms with Crippen molar-refractivity contribution < 1.29 is 18.9 Å². The number of hydrogen-bond acceptors (Lipinski definition) is 6. The molecule has 2 atom stereocenters. The quantitative estimate of drug-likeness (QED) is 0.425. The van der Waals surface area contributed by atoms with Crippen molar-refractivity contribution in [2.45, 2.75) is 18.4 Å². The van der Waals surface area contributed by atoms with Crippen molar-refractivity contribution in [3.63, 3.8) is 0 Å². The molecule has 8 heteroatoms. The molecule has 8 nitrogen and oxygen atoms in total. The first-order valence-electron chi connectivity index (χ1n) is 10.4. The number of nitrogens with zero attached hydrogens (tertiary/aromatic N) is 4. The summed E-state index contributed by atoms with van der Waals surface area (Å²) in [6.07, 6.45) is 8.82. The van der Waals surface area contributed by atoms with Gasteiger partial charge in [0.15, 0.2) is 0 Å². The molecule has 1 fully saturated rings. The second kappa shape index (κ2) is 8.86. The molecule has 0 saturated carbocycles. The van der Waals surface area contributed by atoms with Crippen LogP contribution in [0, 0.1) is 0 Å². The van der Waals surface area contributed by atoms with E-state index in [2.05, 4.69) is 10.1 Å². The predicted octanol–water partition coefficient (Wildman–Crippen LogP) is 3.42. The number of ether oxygens (including phenoxy) is 4. The molecule has 32 heavy (non-hydrogen) atoms. The third kappa shape index (κ3) is 4.23. The maximum Gasteiger partial charge on any atom is 0.214 e. The average molecular weight is 432 g/mol. The van der Waals surface area contributed by atoms with Crippen LogP contribution in [0.15, 0.2) is 85.7 Å². The van der Waals surface area contributed by atoms with Crippen LogP contribution in [0.25, 0.3) is 5.69 Å². The van der Waals surface area contributed by atoms with Crippen molar-refractivity contribution in [2.24, 2.45) is 0 Å². The topological polar surface area (TPSA) is 72.6 Å². The Morgan fingerprint density at radius 2 is 1.84 bits per heavy atom. The molecule has 0 aliphatic carbocycles. The van der Waals surface area contributed by atoms with Crippen molar-refractivity contribution >= 4 is 0 Å². The Hall–Kier alpha value is -3.62. The summed E-state index contributed by atoms with van der Waals surface area (Å²) in [7, 11) is 1.65. The van der Waals surface area contributed by atoms with Crippen molar-refractivity contribution in [3.8, 4) is 17.2 Å². The average Bonchev–Trinajstić information content (AvgIpc) is 3.62. The molecular weight excluding hydrogens is 408 g/mol. The summed E-state index contributed by atoms with van der Waals surface area (Å²) in [4.78, 5) is 4.14. The van der Waals surface area contributed by atoms with Crippen LogP contribution in [0.5, 0.6) is 11.5 Å². The fourth-order valence-electron chi connectivity index (χ4n) is 3.74. The van der Waals surface area contributed by atoms with Gasteiger partial charge in [0.2, 0.25) is 5.79 Å². The monoisotopic (exact) mass is 432 g/mol. The van der Waals surface area contributed by atoms with Gasteiger partial charge in [0.25, 0.3) is 0 Å². The summed E-state index contributed by atoms with van der Waals surface area (Å²) >= 11 is 0. The van der Waals surface area contributed by atoms with E-state index in [9.17, 15) is 0 Å². The van der Waals surface area contributed by atoms with Gasteiger partial charge in [0.05, 0.1) is 32.3 Å². The highest BCUT2D eigenvalue weighted by atomic mass is 16.8. The van der Waals surface area contributed by atoms with E-state index in [0.29, 0.717) is 19.8 Å². The first-order chi connectivity index (χ1) is 15.7. The molecule has 1 saturated heterocycles. The van der Waals surface area contributed by atoms with Gasteiger partial charge in [0, 0.05) is 30.4 Å². The smallest absolute Gasteiger partial charge is 0.214 e. The molecule has 2 unspecified atom stereocenters. The number of hydrogen-bond donors (Lipinski definition) is 0. The lowest BCUT2D eigenvalue weighted by Gasteiger charge is -2.29. The number of methoxy groups -OCH3 is 1. The molecule has 1 aliphatic heterocycles. The zero-order valence-electron chi connectivity index (χ0n) is 17.7.